The van der Waals surface area contributed by atoms with Gasteiger partial charge in [-0.05, 0) is 28.2 Å². The Morgan fingerprint density at radius 1 is 1.21 bits per heavy atom. The molecule has 19 heavy (non-hydrogen) atoms. The van der Waals surface area contributed by atoms with Crippen molar-refractivity contribution in [3.63, 3.8) is 0 Å². The third kappa shape index (κ3) is 1.88. The molecular formula is C13H8IN3O2. The molecule has 1 aromatic carbocycles. The molecular weight excluding hydrogens is 357 g/mol. The number of nitrogens with zero attached hydrogens (tertiary/aromatic N) is 3. The zero-order valence-electron chi connectivity index (χ0n) is 9.62. The topological polar surface area (TPSA) is 68.0 Å². The number of benzene rings is 1. The Morgan fingerprint density at radius 2 is 1.95 bits per heavy atom. The molecule has 0 saturated carbocycles. The van der Waals surface area contributed by atoms with Gasteiger partial charge in [-0.15, -0.1) is 4.73 Å². The van der Waals surface area contributed by atoms with Crippen molar-refractivity contribution >= 4 is 33.6 Å². The first kappa shape index (κ1) is 12.1. The van der Waals surface area contributed by atoms with Crippen molar-refractivity contribution in [2.75, 3.05) is 0 Å². The number of halogens is 1. The molecule has 0 amide bonds. The van der Waals surface area contributed by atoms with Gasteiger partial charge in [-0.25, -0.2) is 9.97 Å². The maximum Gasteiger partial charge on any atom is 0.293 e. The van der Waals surface area contributed by atoms with Crippen molar-refractivity contribution in [3.05, 3.63) is 56.8 Å². The van der Waals surface area contributed by atoms with E-state index in [1.165, 1.54) is 6.33 Å². The van der Waals surface area contributed by atoms with Crippen molar-refractivity contribution < 1.29 is 5.21 Å². The minimum absolute atomic E-state index is 0.212. The fourth-order valence-electron chi connectivity index (χ4n) is 1.93. The van der Waals surface area contributed by atoms with Gasteiger partial charge >= 0.3 is 0 Å². The summed E-state index contributed by atoms with van der Waals surface area (Å²) in [6.07, 6.45) is 2.88. The molecule has 1 N–H and O–H groups in total. The van der Waals surface area contributed by atoms with E-state index in [9.17, 15) is 10.0 Å². The highest BCUT2D eigenvalue weighted by molar-refractivity contribution is 14.1. The van der Waals surface area contributed by atoms with E-state index in [0.717, 1.165) is 9.13 Å². The fraction of sp³-hybridized carbons (Fsp3) is 0. The van der Waals surface area contributed by atoms with Crippen LogP contribution in [-0.4, -0.2) is 19.9 Å². The summed E-state index contributed by atoms with van der Waals surface area (Å²) in [5, 5.41) is 10.6. The molecule has 0 aliphatic rings. The first-order valence-corrected chi connectivity index (χ1v) is 6.57. The number of hydrogen-bond acceptors (Lipinski definition) is 4. The second-order valence-corrected chi connectivity index (χ2v) is 5.01. The maximum absolute atomic E-state index is 12.3. The second-order valence-electron chi connectivity index (χ2n) is 3.93. The van der Waals surface area contributed by atoms with E-state index in [0.29, 0.717) is 15.7 Å². The van der Waals surface area contributed by atoms with Crippen molar-refractivity contribution in [1.29, 1.82) is 0 Å². The van der Waals surface area contributed by atoms with Gasteiger partial charge in [-0.2, -0.15) is 0 Å². The van der Waals surface area contributed by atoms with Crippen LogP contribution in [0.4, 0.5) is 0 Å². The Labute approximate surface area is 121 Å². The van der Waals surface area contributed by atoms with Crippen LogP contribution in [0.25, 0.3) is 22.2 Å². The molecule has 0 radical (unpaired) electrons. The van der Waals surface area contributed by atoms with Gasteiger partial charge in [0.1, 0.15) is 6.33 Å². The third-order valence-corrected chi connectivity index (χ3v) is 3.94. The lowest BCUT2D eigenvalue weighted by Crippen LogP contribution is -2.22. The highest BCUT2D eigenvalue weighted by atomic mass is 127. The monoisotopic (exact) mass is 365 g/mol. The summed E-state index contributed by atoms with van der Waals surface area (Å²) in [5.41, 5.74) is 0.933. The Morgan fingerprint density at radius 3 is 2.68 bits per heavy atom. The molecule has 3 aromatic rings. The average molecular weight is 365 g/mol. The number of pyridine rings is 1. The van der Waals surface area contributed by atoms with Gasteiger partial charge in [0.25, 0.3) is 5.56 Å². The largest absolute Gasteiger partial charge is 0.423 e. The van der Waals surface area contributed by atoms with Gasteiger partial charge in [-0.1, -0.05) is 30.3 Å². The van der Waals surface area contributed by atoms with E-state index in [-0.39, 0.29) is 5.65 Å². The van der Waals surface area contributed by atoms with E-state index in [1.807, 2.05) is 30.3 Å². The Hall–Kier alpha value is -1.96. The molecule has 0 unspecified atom stereocenters. The van der Waals surface area contributed by atoms with Crippen molar-refractivity contribution in [3.8, 4) is 11.1 Å². The minimum Gasteiger partial charge on any atom is -0.423 e. The molecule has 0 saturated heterocycles. The highest BCUT2D eigenvalue weighted by Gasteiger charge is 2.16. The van der Waals surface area contributed by atoms with Crippen LogP contribution in [0.1, 0.15) is 0 Å². The van der Waals surface area contributed by atoms with Crippen LogP contribution in [0.3, 0.4) is 0 Å². The van der Waals surface area contributed by atoms with Gasteiger partial charge in [-0.3, -0.25) is 4.79 Å². The average Bonchev–Trinajstić information content (AvgIpc) is 2.46. The Bertz CT molecular complexity index is 815. The van der Waals surface area contributed by atoms with E-state index < -0.39 is 5.56 Å². The van der Waals surface area contributed by atoms with E-state index in [1.54, 1.807) is 6.20 Å². The van der Waals surface area contributed by atoms with E-state index in [2.05, 4.69) is 32.6 Å². The molecule has 0 aliphatic carbocycles. The standard InChI is InChI=1S/C13H8IN3O2/c14-11-9-6-15-7-16-12(9)17(19)13(18)10(11)8-4-2-1-3-5-8/h1-7,19H. The van der Waals surface area contributed by atoms with Gasteiger partial charge in [0.2, 0.25) is 0 Å². The quantitative estimate of drug-likeness (QED) is 0.531. The predicted octanol–water partition coefficient (Wildman–Crippen LogP) is 2.30. The smallest absolute Gasteiger partial charge is 0.293 e. The molecule has 0 bridgehead atoms. The molecule has 0 atom stereocenters. The highest BCUT2D eigenvalue weighted by Crippen LogP contribution is 2.26. The van der Waals surface area contributed by atoms with Crippen molar-refractivity contribution in [1.82, 2.24) is 14.7 Å². The SMILES string of the molecule is O=c1c(-c2ccccc2)c(I)c2cncnc2n1O. The summed E-state index contributed by atoms with van der Waals surface area (Å²) in [4.78, 5) is 20.1. The van der Waals surface area contributed by atoms with Crippen LogP contribution in [0.2, 0.25) is 0 Å². The summed E-state index contributed by atoms with van der Waals surface area (Å²) >= 11 is 2.08. The molecule has 3 rings (SSSR count). The number of fused-ring (bicyclic) bond motifs is 1. The molecule has 94 valence electrons. The molecule has 2 aromatic heterocycles. The van der Waals surface area contributed by atoms with E-state index >= 15 is 0 Å². The summed E-state index contributed by atoms with van der Waals surface area (Å²) in [5.74, 6) is 0. The van der Waals surface area contributed by atoms with Crippen molar-refractivity contribution in [2.45, 2.75) is 0 Å². The number of rotatable bonds is 1. The van der Waals surface area contributed by atoms with E-state index in [4.69, 9.17) is 0 Å². The fourth-order valence-corrected chi connectivity index (χ4v) is 2.86. The molecule has 0 aliphatic heterocycles. The Kier molecular flexibility index (Phi) is 2.94. The Balaban J connectivity index is 2.48. The molecule has 5 nitrogen and oxygen atoms in total. The van der Waals surface area contributed by atoms with Gasteiger partial charge in [0, 0.05) is 9.77 Å². The third-order valence-electron chi connectivity index (χ3n) is 2.82. The first-order chi connectivity index (χ1) is 9.20. The zero-order chi connectivity index (χ0) is 13.4. The van der Waals surface area contributed by atoms with Crippen LogP contribution in [0, 0.1) is 3.57 Å². The summed E-state index contributed by atoms with van der Waals surface area (Å²) in [7, 11) is 0. The van der Waals surface area contributed by atoms with Crippen LogP contribution in [-0.2, 0) is 0 Å². The summed E-state index contributed by atoms with van der Waals surface area (Å²) < 4.78 is 1.30. The summed E-state index contributed by atoms with van der Waals surface area (Å²) in [6.45, 7) is 0. The predicted molar refractivity (Wildman–Crippen MR) is 79.1 cm³/mol. The molecule has 0 fully saturated rings. The molecule has 2 heterocycles. The second kappa shape index (κ2) is 4.61. The van der Waals surface area contributed by atoms with Gasteiger partial charge in [0.05, 0.1) is 10.9 Å². The maximum atomic E-state index is 12.3. The number of hydrogen-bond donors (Lipinski definition) is 1. The normalized spacial score (nSPS) is 10.8. The summed E-state index contributed by atoms with van der Waals surface area (Å²) in [6, 6.07) is 9.22. The van der Waals surface area contributed by atoms with Crippen LogP contribution < -0.4 is 5.56 Å². The van der Waals surface area contributed by atoms with Gasteiger partial charge < -0.3 is 5.21 Å². The number of aromatic nitrogens is 3. The lowest BCUT2D eigenvalue weighted by atomic mass is 10.1. The van der Waals surface area contributed by atoms with Crippen LogP contribution in [0.5, 0.6) is 0 Å². The minimum atomic E-state index is -0.484. The lowest BCUT2D eigenvalue weighted by Gasteiger charge is -2.09. The zero-order valence-corrected chi connectivity index (χ0v) is 11.8. The van der Waals surface area contributed by atoms with Gasteiger partial charge in [0.15, 0.2) is 5.65 Å². The molecule has 0 spiro atoms. The molecule has 6 heteroatoms. The van der Waals surface area contributed by atoms with Crippen molar-refractivity contribution in [2.24, 2.45) is 0 Å². The lowest BCUT2D eigenvalue weighted by molar-refractivity contribution is 0.187. The van der Waals surface area contributed by atoms with Crippen LogP contribution in [0.15, 0.2) is 47.7 Å². The first-order valence-electron chi connectivity index (χ1n) is 5.49. The van der Waals surface area contributed by atoms with Crippen LogP contribution >= 0.6 is 22.6 Å².